The van der Waals surface area contributed by atoms with E-state index in [4.69, 9.17) is 24.8 Å². The first kappa shape index (κ1) is 36.9. The van der Waals surface area contributed by atoms with E-state index in [0.29, 0.717) is 18.6 Å². The molecule has 3 amide bonds. The van der Waals surface area contributed by atoms with E-state index in [2.05, 4.69) is 15.5 Å². The minimum Gasteiger partial charge on any atom is -0.507 e. The molecule has 50 heavy (non-hydrogen) atoms. The number of nitrogens with two attached hydrogens (primary N) is 1. The number of morpholine rings is 1. The van der Waals surface area contributed by atoms with E-state index in [-0.39, 0.29) is 89.6 Å². The summed E-state index contributed by atoms with van der Waals surface area (Å²) in [6.45, 7) is 5.22. The van der Waals surface area contributed by atoms with Gasteiger partial charge in [0.05, 0.1) is 42.6 Å². The fraction of sp³-hybridized carbons (Fsp3) is 0.529. The summed E-state index contributed by atoms with van der Waals surface area (Å²) >= 11 is 0. The Morgan fingerprint density at radius 3 is 2.42 bits per heavy atom. The van der Waals surface area contributed by atoms with E-state index in [1.54, 1.807) is 19.2 Å². The number of carbonyl (C=O) groups is 4. The van der Waals surface area contributed by atoms with Crippen molar-refractivity contribution in [3.8, 4) is 17.2 Å². The van der Waals surface area contributed by atoms with E-state index in [1.807, 2.05) is 12.3 Å². The van der Waals surface area contributed by atoms with Gasteiger partial charge in [0.2, 0.25) is 11.7 Å². The number of urea groups is 1. The number of aliphatic hydroxyl groups excluding tert-OH is 1. The molecule has 2 saturated heterocycles. The summed E-state index contributed by atoms with van der Waals surface area (Å²) in [6, 6.07) is 4.17. The lowest BCUT2D eigenvalue weighted by Crippen LogP contribution is -2.57. The van der Waals surface area contributed by atoms with Crippen molar-refractivity contribution in [1.82, 2.24) is 21.0 Å². The van der Waals surface area contributed by atoms with Crippen LogP contribution in [0, 0.1) is 5.92 Å². The third-order valence-electron chi connectivity index (χ3n) is 9.70. The molecule has 2 aliphatic heterocycles. The zero-order valence-corrected chi connectivity index (χ0v) is 28.3. The summed E-state index contributed by atoms with van der Waals surface area (Å²) in [6.07, 6.45) is 0.891. The average molecular weight is 700 g/mol. The molecule has 0 bridgehead atoms. The van der Waals surface area contributed by atoms with Gasteiger partial charge in [-0.1, -0.05) is 12.1 Å². The van der Waals surface area contributed by atoms with E-state index < -0.39 is 35.4 Å². The Hall–Kier alpha value is -4.32. The summed E-state index contributed by atoms with van der Waals surface area (Å²) in [4.78, 5) is 52.5. The first-order chi connectivity index (χ1) is 24.0. The maximum atomic E-state index is 13.3. The van der Waals surface area contributed by atoms with Crippen molar-refractivity contribution >= 4 is 23.5 Å². The van der Waals surface area contributed by atoms with Crippen molar-refractivity contribution in [2.24, 2.45) is 11.8 Å². The van der Waals surface area contributed by atoms with Crippen LogP contribution in [0.15, 0.2) is 18.2 Å². The number of phenols is 2. The van der Waals surface area contributed by atoms with E-state index in [0.717, 1.165) is 26.1 Å². The van der Waals surface area contributed by atoms with Gasteiger partial charge in [-0.05, 0) is 38.7 Å². The van der Waals surface area contributed by atoms with Gasteiger partial charge in [0.25, 0.3) is 0 Å². The van der Waals surface area contributed by atoms with Crippen LogP contribution in [0.1, 0.15) is 62.7 Å². The number of benzene rings is 2. The lowest BCUT2D eigenvalue weighted by Gasteiger charge is -2.43. The van der Waals surface area contributed by atoms with Gasteiger partial charge in [-0.15, -0.1) is 0 Å². The van der Waals surface area contributed by atoms with Crippen LogP contribution in [0.25, 0.3) is 0 Å². The summed E-state index contributed by atoms with van der Waals surface area (Å²) in [7, 11) is 3.03. The molecule has 16 nitrogen and oxygen atoms in total. The number of ether oxygens (including phenoxy) is 4. The first-order valence-electron chi connectivity index (χ1n) is 16.6. The second-order valence-electron chi connectivity index (χ2n) is 12.5. The Kier molecular flexibility index (Phi) is 11.9. The highest BCUT2D eigenvalue weighted by molar-refractivity contribution is 6.31. The molecule has 8 N–H and O–H groups in total. The number of hydrazine groups is 1. The van der Waals surface area contributed by atoms with Crippen molar-refractivity contribution in [2.45, 2.75) is 57.1 Å². The molecule has 2 aliphatic carbocycles. The van der Waals surface area contributed by atoms with E-state index >= 15 is 0 Å². The van der Waals surface area contributed by atoms with Gasteiger partial charge in [-0.25, -0.2) is 10.6 Å². The third-order valence-corrected chi connectivity index (χ3v) is 9.70. The SMILES string of the molecule is COC1CN(C2CCOC(C)C2O)CCO1.COc1cccc2c1C(=O)c1c(O)c3c(c(O)c1C2=O)CC(C(=O)NCCNC(=O)NN)CC3. The van der Waals surface area contributed by atoms with E-state index in [9.17, 15) is 34.5 Å². The standard InChI is InChI=1S/C23H24N4O7.C11H21NO4/c1-34-14-4-2-3-12-15(14)21(31)17-16(19(12)29)20(30)13-9-10(5-6-11(13)18(17)28)22(32)25-7-8-26-23(33)27-24;1-8-11(13)9(3-5-15-8)12-4-6-16-10(7-12)14-2/h2-4,10,28,30H,5-9,24H2,1H3,(H,25,32)(H2,26,27,33);8-11,13H,3-7H2,1-2H3. The molecular formula is C34H45N5O11. The van der Waals surface area contributed by atoms with Gasteiger partial charge in [0, 0.05) is 68.5 Å². The third kappa shape index (κ3) is 7.40. The maximum Gasteiger partial charge on any atom is 0.328 e. The monoisotopic (exact) mass is 699 g/mol. The molecular weight excluding hydrogens is 654 g/mol. The molecule has 0 radical (unpaired) electrons. The van der Waals surface area contributed by atoms with Crippen LogP contribution < -0.4 is 26.6 Å². The van der Waals surface area contributed by atoms with Crippen LogP contribution in [-0.4, -0.2) is 122 Å². The number of amides is 3. The van der Waals surface area contributed by atoms with Gasteiger partial charge in [0.15, 0.2) is 12.1 Å². The quantitative estimate of drug-likeness (QED) is 0.0571. The average Bonchev–Trinajstić information content (AvgIpc) is 3.14. The van der Waals surface area contributed by atoms with Crippen molar-refractivity contribution < 1.29 is 53.4 Å². The van der Waals surface area contributed by atoms with Crippen LogP contribution >= 0.6 is 0 Å². The van der Waals surface area contributed by atoms with E-state index in [1.165, 1.54) is 13.2 Å². The fourth-order valence-corrected chi connectivity index (χ4v) is 7.02. The van der Waals surface area contributed by atoms with Crippen LogP contribution in [0.5, 0.6) is 17.2 Å². The highest BCUT2D eigenvalue weighted by atomic mass is 16.7. The zero-order valence-electron chi connectivity index (χ0n) is 28.3. The molecule has 2 aromatic rings. The number of methoxy groups -OCH3 is 2. The number of ketones is 2. The highest BCUT2D eigenvalue weighted by Gasteiger charge is 2.41. The van der Waals surface area contributed by atoms with Crippen LogP contribution in [0.3, 0.4) is 0 Å². The van der Waals surface area contributed by atoms with Gasteiger partial charge in [-0.2, -0.15) is 0 Å². The van der Waals surface area contributed by atoms with Crippen LogP contribution in [0.4, 0.5) is 4.79 Å². The van der Waals surface area contributed by atoms with Crippen molar-refractivity contribution in [3.05, 3.63) is 51.6 Å². The number of nitrogens with one attached hydrogen (secondary N) is 3. The maximum absolute atomic E-state index is 13.3. The molecule has 272 valence electrons. The number of aliphatic hydroxyl groups is 1. The highest BCUT2D eigenvalue weighted by Crippen LogP contribution is 2.47. The van der Waals surface area contributed by atoms with Gasteiger partial charge in [0.1, 0.15) is 17.2 Å². The number of fused-ring (bicyclic) bond motifs is 3. The molecule has 2 fully saturated rings. The Bertz CT molecular complexity index is 1620. The molecule has 2 aromatic carbocycles. The Balaban J connectivity index is 0.000000253. The van der Waals surface area contributed by atoms with Gasteiger partial charge in [-0.3, -0.25) is 24.7 Å². The number of nitrogens with zero attached hydrogens (tertiary/aromatic N) is 1. The lowest BCUT2D eigenvalue weighted by molar-refractivity contribution is -0.190. The number of rotatable bonds is 7. The molecule has 0 spiro atoms. The smallest absolute Gasteiger partial charge is 0.328 e. The molecule has 0 saturated carbocycles. The first-order valence-corrected chi connectivity index (χ1v) is 16.6. The molecule has 5 unspecified atom stereocenters. The lowest BCUT2D eigenvalue weighted by atomic mass is 9.75. The molecule has 5 atom stereocenters. The summed E-state index contributed by atoms with van der Waals surface area (Å²) < 4.78 is 21.3. The number of hydrogen-bond acceptors (Lipinski definition) is 13. The van der Waals surface area contributed by atoms with Crippen molar-refractivity contribution in [1.29, 1.82) is 0 Å². The number of phenolic OH excluding ortho intramolecular Hbond substituents is 2. The molecule has 0 aromatic heterocycles. The Morgan fingerprint density at radius 1 is 0.980 bits per heavy atom. The Labute approximate surface area is 289 Å². The van der Waals surface area contributed by atoms with Crippen molar-refractivity contribution in [3.63, 3.8) is 0 Å². The molecule has 6 rings (SSSR count). The topological polar surface area (TPSA) is 231 Å². The zero-order chi connectivity index (χ0) is 36.1. The molecule has 16 heteroatoms. The second-order valence-corrected chi connectivity index (χ2v) is 12.5. The van der Waals surface area contributed by atoms with Gasteiger partial charge >= 0.3 is 6.03 Å². The van der Waals surface area contributed by atoms with Crippen LogP contribution in [-0.2, 0) is 31.8 Å². The summed E-state index contributed by atoms with van der Waals surface area (Å²) in [5.74, 6) is 2.39. The molecule has 4 aliphatic rings. The molecule has 2 heterocycles. The normalized spacial score (nSPS) is 24.5. The minimum atomic E-state index is -0.605. The number of hydrogen-bond donors (Lipinski definition) is 7. The predicted octanol–water partition coefficient (Wildman–Crippen LogP) is 0.105. The van der Waals surface area contributed by atoms with Gasteiger partial charge < -0.3 is 44.9 Å². The fourth-order valence-electron chi connectivity index (χ4n) is 7.02. The second kappa shape index (κ2) is 16.1. The van der Waals surface area contributed by atoms with Crippen molar-refractivity contribution in [2.75, 3.05) is 53.6 Å². The predicted molar refractivity (Wildman–Crippen MR) is 177 cm³/mol. The number of carbonyl (C=O) groups excluding carboxylic acids is 4. The minimum absolute atomic E-state index is 0.0436. The Morgan fingerprint density at radius 2 is 1.70 bits per heavy atom. The van der Waals surface area contributed by atoms with Crippen LogP contribution in [0.2, 0.25) is 0 Å². The number of aromatic hydroxyl groups is 2. The summed E-state index contributed by atoms with van der Waals surface area (Å²) in [5, 5.41) is 37.2. The largest absolute Gasteiger partial charge is 0.507 e. The summed E-state index contributed by atoms with van der Waals surface area (Å²) in [5.41, 5.74) is 2.14.